The maximum atomic E-state index is 14.6. The van der Waals surface area contributed by atoms with Crippen molar-refractivity contribution in [2.75, 3.05) is 17.5 Å². The molecule has 1 N–H and O–H groups in total. The summed E-state index contributed by atoms with van der Waals surface area (Å²) in [4.78, 5) is 29.7. The van der Waals surface area contributed by atoms with Gasteiger partial charge in [-0.05, 0) is 87.0 Å². The van der Waals surface area contributed by atoms with Crippen LogP contribution in [-0.4, -0.2) is 50.4 Å². The Kier molecular flexibility index (Phi) is 12.6. The van der Waals surface area contributed by atoms with E-state index >= 15 is 0 Å². The Morgan fingerprint density at radius 1 is 0.830 bits per heavy atom. The normalized spacial score (nSPS) is 12.0. The Balaban J connectivity index is 1.84. The minimum Gasteiger partial charge on any atom is -0.494 e. The number of sulfonamides is 1. The standard InChI is InChI=1S/C35H36Cl3N3O5S/c1-4-46-28-17-15-27(16-18-28)41(47(44,45)29-19-13-26(36)14-20-29)23-34(42)40(22-30-31(37)11-8-12-32(30)38)33(35(43)39-24(2)3)21-25-9-6-5-7-10-25/h5-20,24,33H,4,21-23H2,1-3H3,(H,39,43)/t33-/m0/s1. The van der Waals surface area contributed by atoms with Gasteiger partial charge in [-0.2, -0.15) is 0 Å². The first kappa shape index (κ1) is 36.1. The third-order valence-electron chi connectivity index (χ3n) is 7.21. The fraction of sp³-hybridized carbons (Fsp3) is 0.257. The number of ether oxygens (including phenoxy) is 1. The van der Waals surface area contributed by atoms with Crippen LogP contribution in [0.5, 0.6) is 5.75 Å². The van der Waals surface area contributed by atoms with Crippen LogP contribution >= 0.6 is 34.8 Å². The first-order valence-electron chi connectivity index (χ1n) is 15.0. The second-order valence-corrected chi connectivity index (χ2v) is 14.1. The van der Waals surface area contributed by atoms with Crippen LogP contribution in [-0.2, 0) is 32.6 Å². The van der Waals surface area contributed by atoms with Crippen molar-refractivity contribution in [2.45, 2.75) is 50.7 Å². The van der Waals surface area contributed by atoms with Crippen molar-refractivity contribution in [1.82, 2.24) is 10.2 Å². The lowest BCUT2D eigenvalue weighted by Gasteiger charge is -2.34. The van der Waals surface area contributed by atoms with Crippen molar-refractivity contribution >= 4 is 62.3 Å². The monoisotopic (exact) mass is 715 g/mol. The summed E-state index contributed by atoms with van der Waals surface area (Å²) in [6.07, 6.45) is 0.153. The van der Waals surface area contributed by atoms with E-state index in [0.29, 0.717) is 33.0 Å². The van der Waals surface area contributed by atoms with Gasteiger partial charge in [0.2, 0.25) is 11.8 Å². The molecule has 0 spiro atoms. The molecular formula is C35H36Cl3N3O5S. The summed E-state index contributed by atoms with van der Waals surface area (Å²) in [6.45, 7) is 5.11. The van der Waals surface area contributed by atoms with Crippen molar-refractivity contribution in [3.63, 3.8) is 0 Å². The SMILES string of the molecule is CCOc1ccc(N(CC(=O)N(Cc2c(Cl)cccc2Cl)[C@@H](Cc2ccccc2)C(=O)NC(C)C)S(=O)(=O)c2ccc(Cl)cc2)cc1. The summed E-state index contributed by atoms with van der Waals surface area (Å²) in [6, 6.07) is 25.0. The fourth-order valence-electron chi connectivity index (χ4n) is 4.93. The molecule has 0 fully saturated rings. The number of benzene rings is 4. The van der Waals surface area contributed by atoms with Crippen LogP contribution in [0.4, 0.5) is 5.69 Å². The number of hydrogen-bond donors (Lipinski definition) is 1. The van der Waals surface area contributed by atoms with E-state index in [1.807, 2.05) is 51.1 Å². The topological polar surface area (TPSA) is 96.0 Å². The largest absolute Gasteiger partial charge is 0.494 e. The lowest BCUT2D eigenvalue weighted by molar-refractivity contribution is -0.140. The number of nitrogens with one attached hydrogen (secondary N) is 1. The van der Waals surface area contributed by atoms with Crippen LogP contribution in [0.1, 0.15) is 31.9 Å². The summed E-state index contributed by atoms with van der Waals surface area (Å²) < 4.78 is 34.9. The molecule has 0 aliphatic rings. The number of hydrogen-bond acceptors (Lipinski definition) is 5. The van der Waals surface area contributed by atoms with Gasteiger partial charge in [-0.3, -0.25) is 13.9 Å². The number of carbonyl (C=O) groups is 2. The highest BCUT2D eigenvalue weighted by Crippen LogP contribution is 2.30. The lowest BCUT2D eigenvalue weighted by atomic mass is 10.0. The van der Waals surface area contributed by atoms with Gasteiger partial charge < -0.3 is 15.0 Å². The molecule has 248 valence electrons. The van der Waals surface area contributed by atoms with Crippen LogP contribution in [0.25, 0.3) is 0 Å². The van der Waals surface area contributed by atoms with E-state index in [-0.39, 0.29) is 29.6 Å². The van der Waals surface area contributed by atoms with Crippen LogP contribution in [0.15, 0.2) is 102 Å². The first-order chi connectivity index (χ1) is 22.4. The predicted octanol–water partition coefficient (Wildman–Crippen LogP) is 7.41. The van der Waals surface area contributed by atoms with Gasteiger partial charge in [-0.25, -0.2) is 8.42 Å². The number of anilines is 1. The van der Waals surface area contributed by atoms with Gasteiger partial charge in [0.05, 0.1) is 17.2 Å². The molecule has 2 amide bonds. The maximum Gasteiger partial charge on any atom is 0.264 e. The van der Waals surface area contributed by atoms with Crippen molar-refractivity contribution in [2.24, 2.45) is 0 Å². The van der Waals surface area contributed by atoms with Crippen molar-refractivity contribution in [1.29, 1.82) is 0 Å². The molecule has 0 aliphatic heterocycles. The van der Waals surface area contributed by atoms with E-state index in [0.717, 1.165) is 9.87 Å². The van der Waals surface area contributed by atoms with Crippen LogP contribution < -0.4 is 14.4 Å². The molecule has 12 heteroatoms. The molecule has 0 aromatic heterocycles. The predicted molar refractivity (Wildman–Crippen MR) is 188 cm³/mol. The van der Waals surface area contributed by atoms with Crippen molar-refractivity contribution in [3.05, 3.63) is 123 Å². The van der Waals surface area contributed by atoms with Gasteiger partial charge in [-0.1, -0.05) is 71.2 Å². The van der Waals surface area contributed by atoms with E-state index < -0.39 is 34.4 Å². The first-order valence-corrected chi connectivity index (χ1v) is 17.6. The van der Waals surface area contributed by atoms with E-state index in [2.05, 4.69) is 5.32 Å². The maximum absolute atomic E-state index is 14.6. The minimum absolute atomic E-state index is 0.0670. The summed E-state index contributed by atoms with van der Waals surface area (Å²) in [5.41, 5.74) is 1.45. The second kappa shape index (κ2) is 16.4. The zero-order valence-electron chi connectivity index (χ0n) is 26.2. The Bertz CT molecular complexity index is 1750. The highest BCUT2D eigenvalue weighted by atomic mass is 35.5. The summed E-state index contributed by atoms with van der Waals surface area (Å²) in [7, 11) is -4.30. The number of carbonyl (C=O) groups excluding carboxylic acids is 2. The molecule has 4 rings (SSSR count). The average Bonchev–Trinajstić information content (AvgIpc) is 3.03. The zero-order chi connectivity index (χ0) is 34.1. The van der Waals surface area contributed by atoms with Gasteiger partial charge >= 0.3 is 0 Å². The molecule has 0 bridgehead atoms. The molecular weight excluding hydrogens is 681 g/mol. The Morgan fingerprint density at radius 2 is 1.45 bits per heavy atom. The van der Waals surface area contributed by atoms with Crippen LogP contribution in [0.2, 0.25) is 15.1 Å². The molecule has 0 unspecified atom stereocenters. The number of amides is 2. The third-order valence-corrected chi connectivity index (χ3v) is 9.96. The second-order valence-electron chi connectivity index (χ2n) is 11.0. The summed E-state index contributed by atoms with van der Waals surface area (Å²) >= 11 is 19.2. The molecule has 0 saturated carbocycles. The Labute approximate surface area is 291 Å². The van der Waals surface area contributed by atoms with Gasteiger partial charge in [0, 0.05) is 39.6 Å². The van der Waals surface area contributed by atoms with Crippen LogP contribution in [0, 0.1) is 0 Å². The van der Waals surface area contributed by atoms with E-state index in [1.165, 1.54) is 29.2 Å². The highest BCUT2D eigenvalue weighted by Gasteiger charge is 2.35. The molecule has 0 radical (unpaired) electrons. The molecule has 4 aromatic rings. The number of nitrogens with zero attached hydrogens (tertiary/aromatic N) is 2. The average molecular weight is 717 g/mol. The van der Waals surface area contributed by atoms with Gasteiger partial charge in [-0.15, -0.1) is 0 Å². The van der Waals surface area contributed by atoms with E-state index in [1.54, 1.807) is 42.5 Å². The molecule has 0 saturated heterocycles. The van der Waals surface area contributed by atoms with Gasteiger partial charge in [0.1, 0.15) is 18.3 Å². The van der Waals surface area contributed by atoms with Crippen molar-refractivity contribution < 1.29 is 22.7 Å². The molecule has 0 aliphatic carbocycles. The molecule has 1 atom stereocenters. The molecule has 4 aromatic carbocycles. The number of halogens is 3. The minimum atomic E-state index is -4.30. The summed E-state index contributed by atoms with van der Waals surface area (Å²) in [5, 5.41) is 3.88. The highest BCUT2D eigenvalue weighted by molar-refractivity contribution is 7.92. The lowest BCUT2D eigenvalue weighted by Crippen LogP contribution is -2.54. The van der Waals surface area contributed by atoms with Crippen LogP contribution in [0.3, 0.4) is 0 Å². The Morgan fingerprint density at radius 3 is 2.02 bits per heavy atom. The number of rotatable bonds is 14. The van der Waals surface area contributed by atoms with E-state index in [4.69, 9.17) is 39.5 Å². The quantitative estimate of drug-likeness (QED) is 0.147. The van der Waals surface area contributed by atoms with Gasteiger partial charge in [0.25, 0.3) is 10.0 Å². The van der Waals surface area contributed by atoms with Crippen molar-refractivity contribution in [3.8, 4) is 5.75 Å². The molecule has 47 heavy (non-hydrogen) atoms. The fourth-order valence-corrected chi connectivity index (χ4v) is 6.98. The Hall–Kier alpha value is -3.76. The third kappa shape index (κ3) is 9.41. The summed E-state index contributed by atoms with van der Waals surface area (Å²) in [5.74, 6) is -0.518. The van der Waals surface area contributed by atoms with E-state index in [9.17, 15) is 18.0 Å². The zero-order valence-corrected chi connectivity index (χ0v) is 29.3. The van der Waals surface area contributed by atoms with Gasteiger partial charge in [0.15, 0.2) is 0 Å². The molecule has 0 heterocycles. The smallest absolute Gasteiger partial charge is 0.264 e. The molecule has 8 nitrogen and oxygen atoms in total.